The zero-order valence-electron chi connectivity index (χ0n) is 18.5. The number of rotatable bonds is 9. The summed E-state index contributed by atoms with van der Waals surface area (Å²) < 4.78 is 14.6. The molecule has 0 aliphatic heterocycles. The molecule has 8 heteroatoms. The molecule has 0 atom stereocenters. The molecule has 4 aromatic rings. The van der Waals surface area contributed by atoms with E-state index >= 15 is 0 Å². The summed E-state index contributed by atoms with van der Waals surface area (Å²) >= 11 is 0. The van der Waals surface area contributed by atoms with Crippen molar-refractivity contribution in [3.05, 3.63) is 82.5 Å². The Kier molecular flexibility index (Phi) is 6.92. The normalized spacial score (nSPS) is 11.1. The van der Waals surface area contributed by atoms with Gasteiger partial charge in [0.1, 0.15) is 12.4 Å². The Morgan fingerprint density at radius 1 is 1.09 bits per heavy atom. The highest BCUT2D eigenvalue weighted by Crippen LogP contribution is 2.19. The summed E-state index contributed by atoms with van der Waals surface area (Å²) in [7, 11) is 1.79. The second-order valence-electron chi connectivity index (χ2n) is 8.09. The van der Waals surface area contributed by atoms with Gasteiger partial charge in [0.05, 0.1) is 17.4 Å². The number of aromatic nitrogens is 4. The average molecular weight is 448 g/mol. The number of hydrogen-bond acceptors (Lipinski definition) is 4. The van der Waals surface area contributed by atoms with Crippen molar-refractivity contribution in [1.29, 1.82) is 0 Å². The summed E-state index contributed by atoms with van der Waals surface area (Å²) in [6, 6.07) is 15.5. The number of hydrogen-bond donors (Lipinski definition) is 1. The Bertz CT molecular complexity index is 1300. The quantitative estimate of drug-likeness (QED) is 0.396. The molecule has 0 radical (unpaired) electrons. The van der Waals surface area contributed by atoms with Crippen LogP contribution < -0.4 is 5.43 Å². The van der Waals surface area contributed by atoms with Crippen LogP contribution in [0.5, 0.6) is 0 Å². The Labute approximate surface area is 190 Å². The molecule has 1 amide bonds. The molecule has 2 heterocycles. The molecule has 7 nitrogen and oxygen atoms in total. The number of nitrogens with zero attached hydrogens (tertiary/aromatic N) is 4. The van der Waals surface area contributed by atoms with Gasteiger partial charge in [-0.05, 0) is 61.7 Å². The fourth-order valence-electron chi connectivity index (χ4n) is 3.76. The minimum absolute atomic E-state index is 0.0474. The molecule has 0 aliphatic rings. The highest BCUT2D eigenvalue weighted by atomic mass is 19.1. The van der Waals surface area contributed by atoms with Crippen molar-refractivity contribution < 1.29 is 9.18 Å². The van der Waals surface area contributed by atoms with Gasteiger partial charge in [0.15, 0.2) is 0 Å². The first-order valence-corrected chi connectivity index (χ1v) is 11.0. The van der Waals surface area contributed by atoms with Crippen LogP contribution in [0, 0.1) is 5.82 Å². The van der Waals surface area contributed by atoms with Crippen LogP contribution in [0.4, 0.5) is 4.39 Å². The van der Waals surface area contributed by atoms with Gasteiger partial charge in [0, 0.05) is 30.2 Å². The Hall–Kier alpha value is -3.81. The van der Waals surface area contributed by atoms with Crippen LogP contribution in [0.25, 0.3) is 22.2 Å². The summed E-state index contributed by atoms with van der Waals surface area (Å²) in [6.07, 6.45) is 4.95. The largest absolute Gasteiger partial charge is 0.344 e. The Morgan fingerprint density at radius 2 is 1.88 bits per heavy atom. The second-order valence-corrected chi connectivity index (χ2v) is 8.09. The number of amides is 1. The fourth-order valence-corrected chi connectivity index (χ4v) is 3.76. The lowest BCUT2D eigenvalue weighted by Crippen LogP contribution is -2.32. The zero-order chi connectivity index (χ0) is 23.2. The third kappa shape index (κ3) is 5.52. The number of carbonyl (C=O) groups is 1. The van der Waals surface area contributed by atoms with E-state index in [-0.39, 0.29) is 23.7 Å². The Morgan fingerprint density at radius 3 is 2.70 bits per heavy atom. The number of aromatic amines is 1. The standard InChI is InChI=1S/C25H26FN5O2/c1-30(25(33)17-31-23-9-5-4-8-21(23)24(32)16-27-31)14-6-2-3-7-20-15-22(29-28-20)18-10-12-19(26)13-11-18/h4-5,8-13,15-16H,2-3,6-7,14,17H2,1H3,(H,28,29). The van der Waals surface area contributed by atoms with Crippen molar-refractivity contribution in [2.75, 3.05) is 13.6 Å². The van der Waals surface area contributed by atoms with Crippen molar-refractivity contribution in [1.82, 2.24) is 24.9 Å². The number of aryl methyl sites for hydroxylation is 1. The molecule has 2 aromatic carbocycles. The molecular weight excluding hydrogens is 421 g/mol. The topological polar surface area (TPSA) is 83.9 Å². The Balaban J connectivity index is 1.22. The first-order valence-electron chi connectivity index (χ1n) is 11.0. The maximum absolute atomic E-state index is 13.1. The molecule has 0 saturated heterocycles. The smallest absolute Gasteiger partial charge is 0.244 e. The van der Waals surface area contributed by atoms with Crippen molar-refractivity contribution >= 4 is 16.8 Å². The van der Waals surface area contributed by atoms with E-state index in [1.54, 1.807) is 47.0 Å². The van der Waals surface area contributed by atoms with Gasteiger partial charge in [0.25, 0.3) is 0 Å². The van der Waals surface area contributed by atoms with Crippen molar-refractivity contribution in [3.63, 3.8) is 0 Å². The van der Waals surface area contributed by atoms with Crippen molar-refractivity contribution in [2.45, 2.75) is 32.2 Å². The SMILES string of the molecule is CN(CCCCCc1cc(-c2ccc(F)cc2)n[nH]1)C(=O)Cn1ncc(=O)c2ccccc21. The lowest BCUT2D eigenvalue weighted by atomic mass is 10.1. The van der Waals surface area contributed by atoms with Gasteiger partial charge in [0.2, 0.25) is 11.3 Å². The molecule has 0 saturated carbocycles. The maximum Gasteiger partial charge on any atom is 0.244 e. The second kappa shape index (κ2) is 10.2. The predicted molar refractivity (Wildman–Crippen MR) is 125 cm³/mol. The van der Waals surface area contributed by atoms with Crippen LogP contribution in [-0.4, -0.2) is 44.4 Å². The van der Waals surface area contributed by atoms with Crippen molar-refractivity contribution in [3.8, 4) is 11.3 Å². The zero-order valence-corrected chi connectivity index (χ0v) is 18.5. The lowest BCUT2D eigenvalue weighted by Gasteiger charge is -2.18. The molecule has 0 aliphatic carbocycles. The van der Waals surface area contributed by atoms with E-state index in [2.05, 4.69) is 15.3 Å². The van der Waals surface area contributed by atoms with Crippen LogP contribution >= 0.6 is 0 Å². The number of unbranched alkanes of at least 4 members (excludes halogenated alkanes) is 2. The van der Waals surface area contributed by atoms with Gasteiger partial charge in [-0.15, -0.1) is 0 Å². The number of para-hydroxylation sites is 1. The highest BCUT2D eigenvalue weighted by Gasteiger charge is 2.12. The van der Waals surface area contributed by atoms with Crippen LogP contribution in [0.15, 0.2) is 65.6 Å². The molecule has 2 aromatic heterocycles. The van der Waals surface area contributed by atoms with Gasteiger partial charge in [-0.1, -0.05) is 18.6 Å². The molecule has 0 bridgehead atoms. The predicted octanol–water partition coefficient (Wildman–Crippen LogP) is 3.80. The maximum atomic E-state index is 13.1. The molecule has 4 rings (SSSR count). The van der Waals surface area contributed by atoms with Gasteiger partial charge in [-0.3, -0.25) is 19.4 Å². The van der Waals surface area contributed by atoms with Gasteiger partial charge in [-0.25, -0.2) is 4.39 Å². The lowest BCUT2D eigenvalue weighted by molar-refractivity contribution is -0.130. The number of nitrogens with one attached hydrogen (secondary N) is 1. The van der Waals surface area contributed by atoms with Crippen LogP contribution in [0.3, 0.4) is 0 Å². The third-order valence-electron chi connectivity index (χ3n) is 5.68. The molecule has 1 N–H and O–H groups in total. The number of halogens is 1. The summed E-state index contributed by atoms with van der Waals surface area (Å²) in [4.78, 5) is 26.3. The van der Waals surface area contributed by atoms with Crippen LogP contribution in [0.1, 0.15) is 25.0 Å². The summed E-state index contributed by atoms with van der Waals surface area (Å²) in [6.45, 7) is 0.748. The number of benzene rings is 2. The summed E-state index contributed by atoms with van der Waals surface area (Å²) in [5.74, 6) is -0.310. The van der Waals surface area contributed by atoms with E-state index in [4.69, 9.17) is 0 Å². The van der Waals surface area contributed by atoms with E-state index in [1.807, 2.05) is 12.1 Å². The molecule has 170 valence electrons. The molecule has 0 unspecified atom stereocenters. The van der Waals surface area contributed by atoms with E-state index in [1.165, 1.54) is 18.3 Å². The number of carbonyl (C=O) groups excluding carboxylic acids is 1. The average Bonchev–Trinajstić information content (AvgIpc) is 3.30. The summed E-state index contributed by atoms with van der Waals surface area (Å²) in [5.41, 5.74) is 3.23. The van der Waals surface area contributed by atoms with Gasteiger partial charge in [-0.2, -0.15) is 10.2 Å². The van der Waals surface area contributed by atoms with Crippen LogP contribution in [0.2, 0.25) is 0 Å². The van der Waals surface area contributed by atoms with E-state index < -0.39 is 0 Å². The number of H-pyrrole nitrogens is 1. The minimum Gasteiger partial charge on any atom is -0.344 e. The van der Waals surface area contributed by atoms with Gasteiger partial charge < -0.3 is 4.90 Å². The van der Waals surface area contributed by atoms with Crippen LogP contribution in [-0.2, 0) is 17.8 Å². The van der Waals surface area contributed by atoms with Crippen molar-refractivity contribution in [2.24, 2.45) is 0 Å². The van der Waals surface area contributed by atoms with E-state index in [0.717, 1.165) is 42.6 Å². The van der Waals surface area contributed by atoms with E-state index in [0.29, 0.717) is 17.4 Å². The summed E-state index contributed by atoms with van der Waals surface area (Å²) in [5, 5.41) is 12.0. The monoisotopic (exact) mass is 447 g/mol. The number of fused-ring (bicyclic) bond motifs is 1. The third-order valence-corrected chi connectivity index (χ3v) is 5.68. The minimum atomic E-state index is -0.262. The molecule has 33 heavy (non-hydrogen) atoms. The first kappa shape index (κ1) is 22.4. The number of likely N-dealkylation sites (N-methyl/N-ethyl adjacent to an activating group) is 1. The highest BCUT2D eigenvalue weighted by molar-refractivity contribution is 5.81. The molecular formula is C25H26FN5O2. The van der Waals surface area contributed by atoms with Gasteiger partial charge >= 0.3 is 0 Å². The molecule has 0 fully saturated rings. The first-order chi connectivity index (χ1) is 16.0. The fraction of sp³-hybridized carbons (Fsp3) is 0.280. The molecule has 0 spiro atoms. The van der Waals surface area contributed by atoms with E-state index in [9.17, 15) is 14.0 Å².